The van der Waals surface area contributed by atoms with Crippen molar-refractivity contribution in [1.82, 2.24) is 20.0 Å². The third-order valence-corrected chi connectivity index (χ3v) is 6.38. The molecule has 1 aromatic heterocycles. The summed E-state index contributed by atoms with van der Waals surface area (Å²) in [4.78, 5) is 15.4. The Morgan fingerprint density at radius 1 is 1.35 bits per heavy atom. The van der Waals surface area contributed by atoms with Crippen LogP contribution in [-0.4, -0.2) is 59.0 Å². The molecule has 0 radical (unpaired) electrons. The number of nitrogens with zero attached hydrogens (tertiary/aromatic N) is 3. The second-order valence-electron chi connectivity index (χ2n) is 8.54. The van der Waals surface area contributed by atoms with Gasteiger partial charge in [-0.25, -0.2) is 0 Å². The van der Waals surface area contributed by atoms with Crippen LogP contribution in [0.5, 0.6) is 0 Å². The summed E-state index contributed by atoms with van der Waals surface area (Å²) >= 11 is 0. The minimum Gasteiger partial charge on any atom is -0.361 e. The SMILES string of the molecule is CC(C)n1nccc1[C@H]1CN(CC2CCCCC2)C[C@]12OCCNC2=O. The van der Waals surface area contributed by atoms with Gasteiger partial charge in [-0.3, -0.25) is 14.4 Å². The number of nitrogens with one attached hydrogen (secondary N) is 1. The summed E-state index contributed by atoms with van der Waals surface area (Å²) < 4.78 is 8.29. The van der Waals surface area contributed by atoms with Gasteiger partial charge in [0.25, 0.3) is 5.91 Å². The molecule has 0 aromatic carbocycles. The standard InChI is InChI=1S/C20H32N4O2/c1-15(2)24-18(8-9-22-24)17-13-23(12-16-6-4-3-5-7-16)14-20(17)19(25)21-10-11-26-20/h8-9,15-17H,3-7,10-14H2,1-2H3,(H,21,25)/t17-,20+/m1/s1. The van der Waals surface area contributed by atoms with Crippen molar-refractivity contribution in [3.8, 4) is 0 Å². The Balaban J connectivity index is 1.61. The molecule has 1 saturated carbocycles. The monoisotopic (exact) mass is 360 g/mol. The molecule has 6 heteroatoms. The van der Waals surface area contributed by atoms with Gasteiger partial charge in [0.2, 0.25) is 0 Å². The number of aromatic nitrogens is 2. The first-order chi connectivity index (χ1) is 12.6. The number of morpholine rings is 1. The van der Waals surface area contributed by atoms with Gasteiger partial charge in [-0.05, 0) is 38.7 Å². The fourth-order valence-corrected chi connectivity index (χ4v) is 5.14. The van der Waals surface area contributed by atoms with Crippen molar-refractivity contribution in [2.45, 2.75) is 63.5 Å². The van der Waals surface area contributed by atoms with E-state index in [4.69, 9.17) is 4.74 Å². The van der Waals surface area contributed by atoms with Gasteiger partial charge in [0.05, 0.1) is 12.5 Å². The Hall–Kier alpha value is -1.40. The number of amides is 1. The molecule has 0 bridgehead atoms. The van der Waals surface area contributed by atoms with Crippen LogP contribution in [0.2, 0.25) is 0 Å². The third kappa shape index (κ3) is 3.18. The largest absolute Gasteiger partial charge is 0.361 e. The van der Waals surface area contributed by atoms with E-state index in [1.165, 1.54) is 32.1 Å². The summed E-state index contributed by atoms with van der Waals surface area (Å²) in [5.74, 6) is 0.855. The number of rotatable bonds is 4. The van der Waals surface area contributed by atoms with Gasteiger partial charge in [-0.15, -0.1) is 0 Å². The molecule has 0 unspecified atom stereocenters. The summed E-state index contributed by atoms with van der Waals surface area (Å²) in [6.07, 6.45) is 8.58. The molecule has 2 atom stereocenters. The summed E-state index contributed by atoms with van der Waals surface area (Å²) in [6.45, 7) is 8.14. The topological polar surface area (TPSA) is 59.4 Å². The number of ether oxygens (including phenoxy) is 1. The van der Waals surface area contributed by atoms with E-state index in [9.17, 15) is 4.79 Å². The molecule has 26 heavy (non-hydrogen) atoms. The lowest BCUT2D eigenvalue weighted by molar-refractivity contribution is -0.155. The molecule has 1 aromatic rings. The lowest BCUT2D eigenvalue weighted by Gasteiger charge is -2.37. The minimum absolute atomic E-state index is 0.0382. The molecule has 1 N–H and O–H groups in total. The number of carbonyl (C=O) groups is 1. The van der Waals surface area contributed by atoms with Gasteiger partial charge >= 0.3 is 0 Å². The molecular formula is C20H32N4O2. The summed E-state index contributed by atoms with van der Waals surface area (Å²) in [6, 6.07) is 2.35. The van der Waals surface area contributed by atoms with Crippen LogP contribution >= 0.6 is 0 Å². The quantitative estimate of drug-likeness (QED) is 0.895. The normalized spacial score (nSPS) is 31.0. The molecule has 2 aliphatic heterocycles. The Bertz CT molecular complexity index is 638. The van der Waals surface area contributed by atoms with Crippen LogP contribution in [0.4, 0.5) is 0 Å². The minimum atomic E-state index is -0.764. The van der Waals surface area contributed by atoms with Crippen LogP contribution in [0.3, 0.4) is 0 Å². The number of likely N-dealkylation sites (tertiary alicyclic amines) is 1. The zero-order chi connectivity index (χ0) is 18.1. The Kier molecular flexibility index (Phi) is 5.06. The molecule has 3 aliphatic rings. The van der Waals surface area contributed by atoms with Gasteiger partial charge in [0, 0.05) is 44.1 Å². The first kappa shape index (κ1) is 18.0. The maximum atomic E-state index is 13.0. The molecule has 1 aliphatic carbocycles. The van der Waals surface area contributed by atoms with Crippen LogP contribution in [0.15, 0.2) is 12.3 Å². The number of hydrogen-bond donors (Lipinski definition) is 1. The zero-order valence-corrected chi connectivity index (χ0v) is 16.1. The first-order valence-electron chi connectivity index (χ1n) is 10.3. The van der Waals surface area contributed by atoms with Crippen molar-refractivity contribution in [2.24, 2.45) is 5.92 Å². The summed E-state index contributed by atoms with van der Waals surface area (Å²) in [5.41, 5.74) is 0.364. The summed E-state index contributed by atoms with van der Waals surface area (Å²) in [5, 5.41) is 7.57. The molecule has 6 nitrogen and oxygen atoms in total. The van der Waals surface area contributed by atoms with Crippen LogP contribution in [-0.2, 0) is 9.53 Å². The van der Waals surface area contributed by atoms with Crippen LogP contribution < -0.4 is 5.32 Å². The predicted octanol–water partition coefficient (Wildman–Crippen LogP) is 2.33. The highest BCUT2D eigenvalue weighted by Crippen LogP contribution is 2.41. The lowest BCUT2D eigenvalue weighted by Crippen LogP contribution is -2.59. The van der Waals surface area contributed by atoms with Gasteiger partial charge in [0.1, 0.15) is 0 Å². The molecule has 1 amide bonds. The Morgan fingerprint density at radius 3 is 2.88 bits per heavy atom. The first-order valence-corrected chi connectivity index (χ1v) is 10.3. The lowest BCUT2D eigenvalue weighted by atomic mass is 9.86. The van der Waals surface area contributed by atoms with E-state index in [0.717, 1.165) is 24.7 Å². The molecule has 144 valence electrons. The van der Waals surface area contributed by atoms with Crippen LogP contribution in [0, 0.1) is 5.92 Å². The van der Waals surface area contributed by atoms with E-state index in [-0.39, 0.29) is 17.9 Å². The molecular weight excluding hydrogens is 328 g/mol. The molecule has 4 rings (SSSR count). The maximum absolute atomic E-state index is 13.0. The van der Waals surface area contributed by atoms with Crippen molar-refractivity contribution in [1.29, 1.82) is 0 Å². The number of hydrogen-bond acceptors (Lipinski definition) is 4. The van der Waals surface area contributed by atoms with E-state index in [1.54, 1.807) is 0 Å². The van der Waals surface area contributed by atoms with E-state index in [1.807, 2.05) is 6.20 Å². The fraction of sp³-hybridized carbons (Fsp3) is 0.800. The van der Waals surface area contributed by atoms with Gasteiger partial charge in [-0.1, -0.05) is 19.3 Å². The van der Waals surface area contributed by atoms with Gasteiger partial charge in [0.15, 0.2) is 5.60 Å². The van der Waals surface area contributed by atoms with E-state index in [2.05, 4.69) is 39.9 Å². The van der Waals surface area contributed by atoms with Crippen molar-refractivity contribution < 1.29 is 9.53 Å². The van der Waals surface area contributed by atoms with E-state index >= 15 is 0 Å². The molecule has 3 heterocycles. The second-order valence-corrected chi connectivity index (χ2v) is 8.54. The van der Waals surface area contributed by atoms with Crippen LogP contribution in [0.1, 0.15) is 63.6 Å². The fourth-order valence-electron chi connectivity index (χ4n) is 5.14. The average Bonchev–Trinajstić information content (AvgIpc) is 3.24. The Labute approximate surface area is 156 Å². The number of carbonyl (C=O) groups excluding carboxylic acids is 1. The van der Waals surface area contributed by atoms with Gasteiger partial charge < -0.3 is 10.1 Å². The predicted molar refractivity (Wildman–Crippen MR) is 100 cm³/mol. The van der Waals surface area contributed by atoms with Crippen LogP contribution in [0.25, 0.3) is 0 Å². The molecule has 2 saturated heterocycles. The average molecular weight is 361 g/mol. The highest BCUT2D eigenvalue weighted by atomic mass is 16.5. The Morgan fingerprint density at radius 2 is 2.15 bits per heavy atom. The van der Waals surface area contributed by atoms with Crippen molar-refractivity contribution in [3.63, 3.8) is 0 Å². The van der Waals surface area contributed by atoms with Gasteiger partial charge in [-0.2, -0.15) is 5.10 Å². The molecule has 1 spiro atoms. The van der Waals surface area contributed by atoms with E-state index < -0.39 is 5.60 Å². The second kappa shape index (κ2) is 7.31. The maximum Gasteiger partial charge on any atom is 0.254 e. The van der Waals surface area contributed by atoms with E-state index in [0.29, 0.717) is 19.7 Å². The third-order valence-electron chi connectivity index (χ3n) is 6.38. The highest BCUT2D eigenvalue weighted by molar-refractivity contribution is 5.88. The molecule has 3 fully saturated rings. The highest BCUT2D eigenvalue weighted by Gasteiger charge is 2.56. The smallest absolute Gasteiger partial charge is 0.254 e. The van der Waals surface area contributed by atoms with Crippen molar-refractivity contribution >= 4 is 5.91 Å². The zero-order valence-electron chi connectivity index (χ0n) is 16.1. The van der Waals surface area contributed by atoms with Crippen molar-refractivity contribution in [2.75, 3.05) is 32.8 Å². The van der Waals surface area contributed by atoms with Crippen molar-refractivity contribution in [3.05, 3.63) is 18.0 Å². The summed E-state index contributed by atoms with van der Waals surface area (Å²) in [7, 11) is 0.